The molecule has 2 unspecified atom stereocenters. The predicted molar refractivity (Wildman–Crippen MR) is 80.9 cm³/mol. The van der Waals surface area contributed by atoms with Crippen molar-refractivity contribution in [2.45, 2.75) is 38.4 Å². The second-order valence-electron chi connectivity index (χ2n) is 5.83. The van der Waals surface area contributed by atoms with Crippen LogP contribution in [0.1, 0.15) is 34.8 Å². The van der Waals surface area contributed by atoms with Gasteiger partial charge in [-0.3, -0.25) is 4.90 Å². The van der Waals surface area contributed by atoms with Crippen LogP contribution in [0.3, 0.4) is 0 Å². The van der Waals surface area contributed by atoms with Crippen LogP contribution in [-0.4, -0.2) is 34.0 Å². The van der Waals surface area contributed by atoms with Crippen molar-refractivity contribution in [2.24, 2.45) is 0 Å². The summed E-state index contributed by atoms with van der Waals surface area (Å²) < 4.78 is 0. The summed E-state index contributed by atoms with van der Waals surface area (Å²) >= 11 is 1.91. The normalized spacial score (nSPS) is 26.2. The first-order chi connectivity index (χ1) is 9.81. The third-order valence-electron chi connectivity index (χ3n) is 4.67. The highest BCUT2D eigenvalue weighted by Gasteiger charge is 2.28. The van der Waals surface area contributed by atoms with Crippen molar-refractivity contribution in [2.75, 3.05) is 13.1 Å². The summed E-state index contributed by atoms with van der Waals surface area (Å²) in [4.78, 5) is 11.8. The Kier molecular flexibility index (Phi) is 3.13. The number of rotatable bonds is 2. The molecule has 2 aliphatic heterocycles. The van der Waals surface area contributed by atoms with E-state index in [9.17, 15) is 0 Å². The molecule has 2 aliphatic rings. The standard InChI is InChI=1S/C15H20N4S/c1-10-12-3-5-20-15(12)2-4-19(10)8-11-6-13-14(7-16-11)18-9-17-13/h3,5,9-11,16H,2,4,6-8H2,1H3,(H,17,18). The molecule has 4 heterocycles. The molecule has 0 fully saturated rings. The lowest BCUT2D eigenvalue weighted by molar-refractivity contribution is 0.174. The number of fused-ring (bicyclic) bond motifs is 2. The van der Waals surface area contributed by atoms with Crippen LogP contribution in [0.2, 0.25) is 0 Å². The Morgan fingerprint density at radius 2 is 2.45 bits per heavy atom. The van der Waals surface area contributed by atoms with Crippen LogP contribution >= 0.6 is 11.3 Å². The van der Waals surface area contributed by atoms with Crippen LogP contribution in [-0.2, 0) is 19.4 Å². The smallest absolute Gasteiger partial charge is 0.0925 e. The number of nitrogens with one attached hydrogen (secondary N) is 2. The summed E-state index contributed by atoms with van der Waals surface area (Å²) in [5.74, 6) is 0. The fraction of sp³-hybridized carbons (Fsp3) is 0.533. The van der Waals surface area contributed by atoms with Gasteiger partial charge in [-0.05, 0) is 30.4 Å². The first kappa shape index (κ1) is 12.6. The minimum Gasteiger partial charge on any atom is -0.347 e. The molecule has 106 valence electrons. The summed E-state index contributed by atoms with van der Waals surface area (Å²) in [6.45, 7) is 5.56. The second-order valence-corrected chi connectivity index (χ2v) is 6.83. The van der Waals surface area contributed by atoms with E-state index >= 15 is 0 Å². The zero-order valence-corrected chi connectivity index (χ0v) is 12.5. The molecule has 0 aliphatic carbocycles. The molecule has 0 radical (unpaired) electrons. The molecule has 4 rings (SSSR count). The Morgan fingerprint density at radius 3 is 3.40 bits per heavy atom. The van der Waals surface area contributed by atoms with Crippen molar-refractivity contribution in [3.8, 4) is 0 Å². The average molecular weight is 288 g/mol. The zero-order chi connectivity index (χ0) is 13.5. The molecule has 0 saturated heterocycles. The van der Waals surface area contributed by atoms with Gasteiger partial charge in [0.2, 0.25) is 0 Å². The number of thiophene rings is 1. The highest BCUT2D eigenvalue weighted by Crippen LogP contribution is 2.33. The number of hydrogen-bond donors (Lipinski definition) is 2. The summed E-state index contributed by atoms with van der Waals surface area (Å²) in [6, 6.07) is 3.37. The van der Waals surface area contributed by atoms with Crippen molar-refractivity contribution in [3.63, 3.8) is 0 Å². The van der Waals surface area contributed by atoms with E-state index in [0.717, 1.165) is 19.5 Å². The molecule has 0 amide bonds. The Labute approximate surface area is 123 Å². The van der Waals surface area contributed by atoms with Gasteiger partial charge in [0.15, 0.2) is 0 Å². The van der Waals surface area contributed by atoms with Gasteiger partial charge in [0.05, 0.1) is 17.7 Å². The van der Waals surface area contributed by atoms with E-state index in [-0.39, 0.29) is 0 Å². The molecule has 2 aromatic heterocycles. The van der Waals surface area contributed by atoms with Gasteiger partial charge in [0.1, 0.15) is 0 Å². The molecule has 2 aromatic rings. The Hall–Kier alpha value is -1.17. The first-order valence-electron chi connectivity index (χ1n) is 7.36. The quantitative estimate of drug-likeness (QED) is 0.889. The first-order valence-corrected chi connectivity index (χ1v) is 8.24. The Morgan fingerprint density at radius 1 is 1.50 bits per heavy atom. The third-order valence-corrected chi connectivity index (χ3v) is 5.67. The van der Waals surface area contributed by atoms with Gasteiger partial charge in [-0.1, -0.05) is 0 Å². The highest BCUT2D eigenvalue weighted by molar-refractivity contribution is 7.10. The van der Waals surface area contributed by atoms with E-state index < -0.39 is 0 Å². The van der Waals surface area contributed by atoms with Gasteiger partial charge in [0.25, 0.3) is 0 Å². The SMILES string of the molecule is CC1c2ccsc2CCN1CC1Cc2nc[nH]c2CN1. The fourth-order valence-electron chi connectivity index (χ4n) is 3.45. The monoisotopic (exact) mass is 288 g/mol. The van der Waals surface area contributed by atoms with Crippen molar-refractivity contribution < 1.29 is 0 Å². The number of H-pyrrole nitrogens is 1. The molecule has 2 atom stereocenters. The van der Waals surface area contributed by atoms with Crippen LogP contribution < -0.4 is 5.32 Å². The molecule has 0 spiro atoms. The molecule has 0 aromatic carbocycles. The maximum absolute atomic E-state index is 4.43. The Balaban J connectivity index is 1.46. The maximum atomic E-state index is 4.43. The summed E-state index contributed by atoms with van der Waals surface area (Å²) in [7, 11) is 0. The van der Waals surface area contributed by atoms with Gasteiger partial charge >= 0.3 is 0 Å². The summed E-state index contributed by atoms with van der Waals surface area (Å²) in [5.41, 5.74) is 4.04. The van der Waals surface area contributed by atoms with E-state index in [4.69, 9.17) is 0 Å². The number of imidazole rings is 1. The largest absolute Gasteiger partial charge is 0.347 e. The lowest BCUT2D eigenvalue weighted by Gasteiger charge is -2.37. The topological polar surface area (TPSA) is 44.0 Å². The van der Waals surface area contributed by atoms with E-state index in [1.54, 1.807) is 4.88 Å². The van der Waals surface area contributed by atoms with Crippen LogP contribution in [0.4, 0.5) is 0 Å². The van der Waals surface area contributed by atoms with Gasteiger partial charge in [0, 0.05) is 43.0 Å². The van der Waals surface area contributed by atoms with E-state index in [1.165, 1.54) is 29.9 Å². The van der Waals surface area contributed by atoms with E-state index in [0.29, 0.717) is 12.1 Å². The number of nitrogens with zero attached hydrogens (tertiary/aromatic N) is 2. The predicted octanol–water partition coefficient (Wildman–Crippen LogP) is 2.10. The second kappa shape index (κ2) is 4.98. The van der Waals surface area contributed by atoms with Crippen molar-refractivity contribution >= 4 is 11.3 Å². The molecule has 4 nitrogen and oxygen atoms in total. The fourth-order valence-corrected chi connectivity index (χ4v) is 4.42. The van der Waals surface area contributed by atoms with Gasteiger partial charge in [-0.25, -0.2) is 4.98 Å². The lowest BCUT2D eigenvalue weighted by Crippen LogP contribution is -2.47. The zero-order valence-electron chi connectivity index (χ0n) is 11.7. The maximum Gasteiger partial charge on any atom is 0.0925 e. The van der Waals surface area contributed by atoms with E-state index in [2.05, 4.69) is 38.6 Å². The molecule has 0 bridgehead atoms. The number of hydrogen-bond acceptors (Lipinski definition) is 4. The minimum absolute atomic E-state index is 0.522. The van der Waals surface area contributed by atoms with Gasteiger partial charge in [-0.2, -0.15) is 0 Å². The van der Waals surface area contributed by atoms with Gasteiger partial charge < -0.3 is 10.3 Å². The molecule has 5 heteroatoms. The summed E-state index contributed by atoms with van der Waals surface area (Å²) in [6.07, 6.45) is 4.06. The van der Waals surface area contributed by atoms with Crippen LogP contribution in [0.15, 0.2) is 17.8 Å². The lowest BCUT2D eigenvalue weighted by atomic mass is 9.98. The van der Waals surface area contributed by atoms with Crippen LogP contribution in [0.5, 0.6) is 0 Å². The van der Waals surface area contributed by atoms with Crippen LogP contribution in [0, 0.1) is 0 Å². The highest BCUT2D eigenvalue weighted by atomic mass is 32.1. The molecule has 20 heavy (non-hydrogen) atoms. The summed E-state index contributed by atoms with van der Waals surface area (Å²) in [5, 5.41) is 5.87. The van der Waals surface area contributed by atoms with Crippen molar-refractivity contribution in [1.29, 1.82) is 0 Å². The number of aromatic amines is 1. The van der Waals surface area contributed by atoms with Crippen molar-refractivity contribution in [1.82, 2.24) is 20.2 Å². The third kappa shape index (κ3) is 2.10. The molecule has 0 saturated carbocycles. The molecular weight excluding hydrogens is 268 g/mol. The average Bonchev–Trinajstić information content (AvgIpc) is 3.10. The minimum atomic E-state index is 0.522. The Bertz CT molecular complexity index is 603. The van der Waals surface area contributed by atoms with E-state index in [1.807, 2.05) is 17.7 Å². The van der Waals surface area contributed by atoms with Crippen molar-refractivity contribution in [3.05, 3.63) is 39.6 Å². The van der Waals surface area contributed by atoms with Gasteiger partial charge in [-0.15, -0.1) is 11.3 Å². The molecule has 2 N–H and O–H groups in total. The molecular formula is C15H20N4S. The van der Waals surface area contributed by atoms with Crippen LogP contribution in [0.25, 0.3) is 0 Å². The number of aromatic nitrogens is 2.